The van der Waals surface area contributed by atoms with Crippen LogP contribution >= 0.6 is 33.9 Å². The van der Waals surface area contributed by atoms with E-state index in [1.807, 2.05) is 0 Å². The van der Waals surface area contributed by atoms with E-state index in [-0.39, 0.29) is 10.9 Å². The second kappa shape index (κ2) is 5.25. The molecular weight excluding hydrogens is 319 g/mol. The van der Waals surface area contributed by atoms with E-state index >= 15 is 0 Å². The van der Waals surface area contributed by atoms with Crippen LogP contribution in [0, 0.1) is 10.1 Å². The Kier molecular flexibility index (Phi) is 4.26. The molecule has 0 fully saturated rings. The van der Waals surface area contributed by atoms with Gasteiger partial charge in [-0.1, -0.05) is 33.9 Å². The predicted molar refractivity (Wildman–Crippen MR) is 62.2 cm³/mol. The van der Waals surface area contributed by atoms with Gasteiger partial charge in [0, 0.05) is 17.0 Å². The third-order valence-electron chi connectivity index (χ3n) is 1.38. The maximum absolute atomic E-state index is 11.3. The summed E-state index contributed by atoms with van der Waals surface area (Å²) >= 11 is 3.02. The van der Waals surface area contributed by atoms with E-state index in [0.29, 0.717) is 11.4 Å². The molecule has 5 nitrogen and oxygen atoms in total. The molecule has 0 aliphatic heterocycles. The largest absolute Gasteiger partial charge is 0.351 e. The minimum Gasteiger partial charge on any atom is -0.351 e. The molecule has 1 rings (SSSR count). The lowest BCUT2D eigenvalue weighted by Crippen LogP contribution is -2.24. The van der Waals surface area contributed by atoms with Crippen molar-refractivity contribution in [3.05, 3.63) is 27.1 Å². The average molecular weight is 326 g/mol. The highest BCUT2D eigenvalue weighted by Gasteiger charge is 2.14. The van der Waals surface area contributed by atoms with Gasteiger partial charge < -0.3 is 5.32 Å². The van der Waals surface area contributed by atoms with E-state index in [9.17, 15) is 14.9 Å². The molecule has 14 heavy (non-hydrogen) atoms. The SMILES string of the molecule is O=C(NCCI)c1ccc([N+](=O)[O-])s1. The van der Waals surface area contributed by atoms with E-state index in [1.54, 1.807) is 0 Å². The number of nitrogens with zero attached hydrogens (tertiary/aromatic N) is 1. The van der Waals surface area contributed by atoms with Crippen molar-refractivity contribution in [2.45, 2.75) is 0 Å². The molecule has 0 saturated heterocycles. The first-order chi connectivity index (χ1) is 6.65. The maximum atomic E-state index is 11.3. The zero-order valence-electron chi connectivity index (χ0n) is 7.03. The number of amides is 1. The summed E-state index contributed by atoms with van der Waals surface area (Å²) in [6.45, 7) is 0.574. The second-order valence-corrected chi connectivity index (χ2v) is 4.48. The van der Waals surface area contributed by atoms with Crippen molar-refractivity contribution in [3.8, 4) is 0 Å². The number of carbonyl (C=O) groups excluding carboxylic acids is 1. The van der Waals surface area contributed by atoms with Crippen molar-refractivity contribution in [1.82, 2.24) is 5.32 Å². The summed E-state index contributed by atoms with van der Waals surface area (Å²) in [5, 5.41) is 13.0. The highest BCUT2D eigenvalue weighted by atomic mass is 127. The van der Waals surface area contributed by atoms with Crippen molar-refractivity contribution in [2.24, 2.45) is 0 Å². The number of nitrogens with one attached hydrogen (secondary N) is 1. The topological polar surface area (TPSA) is 72.2 Å². The lowest BCUT2D eigenvalue weighted by Gasteiger charge is -1.97. The minimum atomic E-state index is -0.500. The van der Waals surface area contributed by atoms with Gasteiger partial charge in [-0.15, -0.1) is 0 Å². The van der Waals surface area contributed by atoms with E-state index < -0.39 is 4.92 Å². The zero-order valence-corrected chi connectivity index (χ0v) is 10.0. The fraction of sp³-hybridized carbons (Fsp3) is 0.286. The summed E-state index contributed by atoms with van der Waals surface area (Å²) < 4.78 is 0.816. The molecule has 0 radical (unpaired) electrons. The summed E-state index contributed by atoms with van der Waals surface area (Å²) in [5.74, 6) is -0.250. The third-order valence-corrected chi connectivity index (χ3v) is 2.95. The second-order valence-electron chi connectivity index (χ2n) is 2.34. The van der Waals surface area contributed by atoms with Crippen LogP contribution in [-0.4, -0.2) is 21.8 Å². The van der Waals surface area contributed by atoms with Gasteiger partial charge in [-0.25, -0.2) is 0 Å². The number of rotatable bonds is 4. The number of alkyl halides is 1. The van der Waals surface area contributed by atoms with Crippen molar-refractivity contribution in [1.29, 1.82) is 0 Å². The van der Waals surface area contributed by atoms with E-state index in [1.165, 1.54) is 12.1 Å². The van der Waals surface area contributed by atoms with Crippen LogP contribution in [0.1, 0.15) is 9.67 Å². The van der Waals surface area contributed by atoms with Crippen molar-refractivity contribution in [2.75, 3.05) is 11.0 Å². The summed E-state index contributed by atoms with van der Waals surface area (Å²) in [5.41, 5.74) is 0. The van der Waals surface area contributed by atoms with Crippen molar-refractivity contribution < 1.29 is 9.72 Å². The Hall–Kier alpha value is -0.700. The molecule has 0 aliphatic rings. The number of nitro groups is 1. The van der Waals surface area contributed by atoms with Crippen molar-refractivity contribution >= 4 is 44.8 Å². The van der Waals surface area contributed by atoms with Crippen molar-refractivity contribution in [3.63, 3.8) is 0 Å². The van der Waals surface area contributed by atoms with Gasteiger partial charge in [0.25, 0.3) is 5.91 Å². The standard InChI is InChI=1S/C7H7IN2O3S/c8-3-4-9-7(11)5-1-2-6(14-5)10(12)13/h1-2H,3-4H2,(H,9,11). The first-order valence-corrected chi connectivity index (χ1v) is 6.07. The van der Waals surface area contributed by atoms with Gasteiger partial charge in [-0.05, 0) is 6.07 Å². The van der Waals surface area contributed by atoms with E-state index in [0.717, 1.165) is 15.8 Å². The van der Waals surface area contributed by atoms with Crippen LogP contribution in [0.3, 0.4) is 0 Å². The first kappa shape index (κ1) is 11.4. The Morgan fingerprint density at radius 1 is 1.64 bits per heavy atom. The monoisotopic (exact) mass is 326 g/mol. The molecule has 0 aromatic carbocycles. The molecule has 1 heterocycles. The molecule has 0 spiro atoms. The average Bonchev–Trinajstić information content (AvgIpc) is 2.62. The fourth-order valence-electron chi connectivity index (χ4n) is 0.796. The van der Waals surface area contributed by atoms with Gasteiger partial charge >= 0.3 is 5.00 Å². The van der Waals surface area contributed by atoms with Gasteiger partial charge in [0.2, 0.25) is 0 Å². The molecule has 7 heteroatoms. The Bertz CT molecular complexity index is 352. The Morgan fingerprint density at radius 2 is 2.36 bits per heavy atom. The van der Waals surface area contributed by atoms with E-state index in [2.05, 4.69) is 27.9 Å². The highest BCUT2D eigenvalue weighted by Crippen LogP contribution is 2.23. The van der Waals surface area contributed by atoms with Crippen LogP contribution in [0.2, 0.25) is 0 Å². The summed E-state index contributed by atoms with van der Waals surface area (Å²) in [6, 6.07) is 2.80. The Morgan fingerprint density at radius 3 is 2.86 bits per heavy atom. The first-order valence-electron chi connectivity index (χ1n) is 3.73. The molecule has 1 amide bonds. The van der Waals surface area contributed by atoms with Gasteiger partial charge in [-0.2, -0.15) is 0 Å². The Labute approximate surface area is 97.8 Å². The van der Waals surface area contributed by atoms with Crippen LogP contribution < -0.4 is 5.32 Å². The van der Waals surface area contributed by atoms with Crippen LogP contribution in [0.25, 0.3) is 0 Å². The number of halogens is 1. The quantitative estimate of drug-likeness (QED) is 0.397. The molecule has 0 aliphatic carbocycles. The molecule has 1 aromatic rings. The summed E-state index contributed by atoms with van der Waals surface area (Å²) in [7, 11) is 0. The maximum Gasteiger partial charge on any atom is 0.324 e. The third kappa shape index (κ3) is 2.91. The summed E-state index contributed by atoms with van der Waals surface area (Å²) in [4.78, 5) is 21.5. The molecule has 0 saturated carbocycles. The predicted octanol–water partition coefficient (Wildman–Crippen LogP) is 1.82. The molecule has 0 bridgehead atoms. The van der Waals surface area contributed by atoms with Gasteiger partial charge in [-0.3, -0.25) is 14.9 Å². The van der Waals surface area contributed by atoms with Gasteiger partial charge in [0.05, 0.1) is 9.80 Å². The molecular formula is C7H7IN2O3S. The molecule has 0 unspecified atom stereocenters. The summed E-state index contributed by atoms with van der Waals surface area (Å²) in [6.07, 6.45) is 0. The number of hydrogen-bond acceptors (Lipinski definition) is 4. The lowest BCUT2D eigenvalue weighted by atomic mass is 10.4. The van der Waals surface area contributed by atoms with E-state index in [4.69, 9.17) is 0 Å². The van der Waals surface area contributed by atoms with Gasteiger partial charge in [0.1, 0.15) is 0 Å². The lowest BCUT2D eigenvalue weighted by molar-refractivity contribution is -0.380. The fourth-order valence-corrected chi connectivity index (χ4v) is 1.80. The van der Waals surface area contributed by atoms with Crippen LogP contribution in [0.15, 0.2) is 12.1 Å². The molecule has 0 atom stereocenters. The minimum absolute atomic E-state index is 0.00961. The van der Waals surface area contributed by atoms with Crippen LogP contribution in [0.5, 0.6) is 0 Å². The normalized spacial score (nSPS) is 9.79. The number of thiophene rings is 1. The molecule has 76 valence electrons. The number of carbonyl (C=O) groups is 1. The molecule has 1 aromatic heterocycles. The smallest absolute Gasteiger partial charge is 0.324 e. The Balaban J connectivity index is 2.66. The van der Waals surface area contributed by atoms with Crippen LogP contribution in [-0.2, 0) is 0 Å². The van der Waals surface area contributed by atoms with Gasteiger partial charge in [0.15, 0.2) is 0 Å². The zero-order chi connectivity index (χ0) is 10.6. The molecule has 1 N–H and O–H groups in total. The number of hydrogen-bond donors (Lipinski definition) is 1. The highest BCUT2D eigenvalue weighted by molar-refractivity contribution is 14.1. The van der Waals surface area contributed by atoms with Crippen LogP contribution in [0.4, 0.5) is 5.00 Å².